The number of rotatable bonds is 5. The molecule has 7 nitrogen and oxygen atoms in total. The standard InChI is InChI=1S/C17H24N6O/c1-13(24)22(3)11-14-9-18-10-15(20-14)16-5-4-7-23(16)12-17-19-6-8-21(17)2/h6,8-10,16H,4-5,7,11-12H2,1-3H3/t16-/m1/s1. The lowest BCUT2D eigenvalue weighted by Crippen LogP contribution is -2.26. The fourth-order valence-corrected chi connectivity index (χ4v) is 3.10. The Balaban J connectivity index is 1.75. The average molecular weight is 328 g/mol. The van der Waals surface area contributed by atoms with Gasteiger partial charge in [0, 0.05) is 33.4 Å². The van der Waals surface area contributed by atoms with E-state index in [0.29, 0.717) is 6.54 Å². The van der Waals surface area contributed by atoms with Crippen LogP contribution in [0.5, 0.6) is 0 Å². The Morgan fingerprint density at radius 2 is 2.25 bits per heavy atom. The summed E-state index contributed by atoms with van der Waals surface area (Å²) in [6.07, 6.45) is 9.61. The minimum atomic E-state index is 0.0273. The summed E-state index contributed by atoms with van der Waals surface area (Å²) in [5.74, 6) is 1.09. The highest BCUT2D eigenvalue weighted by atomic mass is 16.2. The number of amides is 1. The van der Waals surface area contributed by atoms with E-state index < -0.39 is 0 Å². The van der Waals surface area contributed by atoms with Gasteiger partial charge in [0.15, 0.2) is 0 Å². The fourth-order valence-electron chi connectivity index (χ4n) is 3.10. The van der Waals surface area contributed by atoms with Crippen molar-refractivity contribution >= 4 is 5.91 Å². The van der Waals surface area contributed by atoms with Crippen molar-refractivity contribution < 1.29 is 4.79 Å². The van der Waals surface area contributed by atoms with E-state index in [1.807, 2.05) is 25.6 Å². The summed E-state index contributed by atoms with van der Waals surface area (Å²) >= 11 is 0. The van der Waals surface area contributed by atoms with Crippen molar-refractivity contribution in [3.8, 4) is 0 Å². The van der Waals surface area contributed by atoms with E-state index in [1.54, 1.807) is 25.1 Å². The van der Waals surface area contributed by atoms with E-state index in [2.05, 4.69) is 19.4 Å². The average Bonchev–Trinajstić information content (AvgIpc) is 3.17. The van der Waals surface area contributed by atoms with Crippen LogP contribution in [0.25, 0.3) is 0 Å². The first-order valence-electron chi connectivity index (χ1n) is 8.27. The zero-order chi connectivity index (χ0) is 17.1. The van der Waals surface area contributed by atoms with Gasteiger partial charge in [-0.15, -0.1) is 0 Å². The third-order valence-electron chi connectivity index (χ3n) is 4.61. The van der Waals surface area contributed by atoms with Crippen LogP contribution in [0.15, 0.2) is 24.8 Å². The molecule has 0 unspecified atom stereocenters. The molecule has 1 fully saturated rings. The minimum absolute atomic E-state index is 0.0273. The highest BCUT2D eigenvalue weighted by Gasteiger charge is 2.28. The number of carbonyl (C=O) groups is 1. The quantitative estimate of drug-likeness (QED) is 0.832. The molecule has 0 aliphatic carbocycles. The second-order valence-corrected chi connectivity index (χ2v) is 6.39. The number of aromatic nitrogens is 4. The smallest absolute Gasteiger partial charge is 0.219 e. The molecule has 24 heavy (non-hydrogen) atoms. The summed E-state index contributed by atoms with van der Waals surface area (Å²) in [5, 5.41) is 0. The molecule has 0 bridgehead atoms. The molecule has 1 aliphatic rings. The van der Waals surface area contributed by atoms with Crippen LogP contribution in [0.4, 0.5) is 0 Å². The number of aryl methyl sites for hydroxylation is 1. The molecule has 0 radical (unpaired) electrons. The Morgan fingerprint density at radius 1 is 1.42 bits per heavy atom. The zero-order valence-electron chi connectivity index (χ0n) is 14.5. The van der Waals surface area contributed by atoms with Crippen molar-refractivity contribution in [2.75, 3.05) is 13.6 Å². The van der Waals surface area contributed by atoms with E-state index in [1.165, 1.54) is 0 Å². The van der Waals surface area contributed by atoms with Crippen LogP contribution in [-0.2, 0) is 24.9 Å². The lowest BCUT2D eigenvalue weighted by atomic mass is 10.1. The predicted molar refractivity (Wildman–Crippen MR) is 89.8 cm³/mol. The number of carbonyl (C=O) groups excluding carboxylic acids is 1. The topological polar surface area (TPSA) is 67.2 Å². The molecule has 7 heteroatoms. The molecule has 2 aromatic heterocycles. The van der Waals surface area contributed by atoms with Gasteiger partial charge >= 0.3 is 0 Å². The van der Waals surface area contributed by atoms with Crippen LogP contribution >= 0.6 is 0 Å². The van der Waals surface area contributed by atoms with Crippen molar-refractivity contribution in [2.45, 2.75) is 38.9 Å². The van der Waals surface area contributed by atoms with Crippen LogP contribution in [0, 0.1) is 0 Å². The van der Waals surface area contributed by atoms with Crippen LogP contribution < -0.4 is 0 Å². The van der Waals surface area contributed by atoms with Crippen LogP contribution in [0.2, 0.25) is 0 Å². The Kier molecular flexibility index (Phi) is 4.89. The second-order valence-electron chi connectivity index (χ2n) is 6.39. The molecular weight excluding hydrogens is 304 g/mol. The van der Waals surface area contributed by atoms with Crippen molar-refractivity contribution in [3.63, 3.8) is 0 Å². The van der Waals surface area contributed by atoms with Gasteiger partial charge in [0.2, 0.25) is 5.91 Å². The Bertz CT molecular complexity index is 713. The summed E-state index contributed by atoms with van der Waals surface area (Å²) in [6, 6.07) is 0.261. The minimum Gasteiger partial charge on any atom is -0.340 e. The monoisotopic (exact) mass is 328 g/mol. The molecule has 0 aromatic carbocycles. The van der Waals surface area contributed by atoms with Gasteiger partial charge in [-0.1, -0.05) is 0 Å². The third kappa shape index (κ3) is 3.62. The zero-order valence-corrected chi connectivity index (χ0v) is 14.5. The SMILES string of the molecule is CC(=O)N(C)Cc1cncc([C@H]2CCCN2Cc2nccn2C)n1. The van der Waals surface area contributed by atoms with Crippen molar-refractivity contribution in [3.05, 3.63) is 42.0 Å². The van der Waals surface area contributed by atoms with Gasteiger partial charge in [0.05, 0.1) is 42.9 Å². The molecule has 1 aliphatic heterocycles. The van der Waals surface area contributed by atoms with E-state index >= 15 is 0 Å². The van der Waals surface area contributed by atoms with Crippen molar-refractivity contribution in [1.29, 1.82) is 0 Å². The molecule has 1 amide bonds. The Labute approximate surface area is 142 Å². The summed E-state index contributed by atoms with van der Waals surface area (Å²) < 4.78 is 2.05. The van der Waals surface area contributed by atoms with Crippen LogP contribution in [0.1, 0.15) is 43.0 Å². The molecule has 1 atom stereocenters. The number of hydrogen-bond acceptors (Lipinski definition) is 5. The van der Waals surface area contributed by atoms with Gasteiger partial charge in [0.25, 0.3) is 0 Å². The molecule has 0 saturated carbocycles. The summed E-state index contributed by atoms with van der Waals surface area (Å²) in [7, 11) is 3.80. The van der Waals surface area contributed by atoms with Crippen molar-refractivity contribution in [2.24, 2.45) is 7.05 Å². The maximum Gasteiger partial charge on any atom is 0.219 e. The summed E-state index contributed by atoms with van der Waals surface area (Å²) in [6.45, 7) is 3.90. The van der Waals surface area contributed by atoms with Gasteiger partial charge in [-0.05, 0) is 19.4 Å². The van der Waals surface area contributed by atoms with Gasteiger partial charge in [-0.25, -0.2) is 4.98 Å². The highest BCUT2D eigenvalue weighted by Crippen LogP contribution is 2.31. The maximum atomic E-state index is 11.4. The van der Waals surface area contributed by atoms with E-state index in [-0.39, 0.29) is 11.9 Å². The van der Waals surface area contributed by atoms with E-state index in [9.17, 15) is 4.79 Å². The number of hydrogen-bond donors (Lipinski definition) is 0. The van der Waals surface area contributed by atoms with Gasteiger partial charge in [-0.2, -0.15) is 0 Å². The van der Waals surface area contributed by atoms with Gasteiger partial charge in [0.1, 0.15) is 5.82 Å². The second kappa shape index (κ2) is 7.09. The lowest BCUT2D eigenvalue weighted by Gasteiger charge is -2.24. The molecule has 0 N–H and O–H groups in total. The van der Waals surface area contributed by atoms with Gasteiger partial charge < -0.3 is 9.47 Å². The molecular formula is C17H24N6O. The molecule has 1 saturated heterocycles. The first kappa shape index (κ1) is 16.6. The first-order chi connectivity index (χ1) is 11.5. The normalized spacial score (nSPS) is 18.0. The van der Waals surface area contributed by atoms with Crippen LogP contribution in [0.3, 0.4) is 0 Å². The summed E-state index contributed by atoms with van der Waals surface area (Å²) in [4.78, 5) is 29.0. The van der Waals surface area contributed by atoms with Crippen molar-refractivity contribution in [1.82, 2.24) is 29.3 Å². The molecule has 0 spiro atoms. The first-order valence-corrected chi connectivity index (χ1v) is 8.27. The Morgan fingerprint density at radius 3 is 2.96 bits per heavy atom. The molecule has 3 rings (SSSR count). The summed E-state index contributed by atoms with van der Waals surface area (Å²) in [5.41, 5.74) is 1.81. The van der Waals surface area contributed by atoms with E-state index in [4.69, 9.17) is 4.98 Å². The van der Waals surface area contributed by atoms with E-state index in [0.717, 1.165) is 43.1 Å². The third-order valence-corrected chi connectivity index (χ3v) is 4.61. The van der Waals surface area contributed by atoms with Crippen LogP contribution in [-0.4, -0.2) is 48.8 Å². The molecule has 3 heterocycles. The van der Waals surface area contributed by atoms with Gasteiger partial charge in [-0.3, -0.25) is 19.7 Å². The Hall–Kier alpha value is -2.28. The molecule has 2 aromatic rings. The number of likely N-dealkylation sites (tertiary alicyclic amines) is 1. The predicted octanol–water partition coefficient (Wildman–Crippen LogP) is 1.53. The fraction of sp³-hybridized carbons (Fsp3) is 0.529. The highest BCUT2D eigenvalue weighted by molar-refractivity contribution is 5.72. The largest absolute Gasteiger partial charge is 0.340 e. The molecule has 128 valence electrons. The number of imidazole rings is 1. The number of nitrogens with zero attached hydrogens (tertiary/aromatic N) is 6. The lowest BCUT2D eigenvalue weighted by molar-refractivity contribution is -0.128. The maximum absolute atomic E-state index is 11.4.